The predicted octanol–water partition coefficient (Wildman–Crippen LogP) is 5.92. The van der Waals surface area contributed by atoms with Gasteiger partial charge in [0, 0.05) is 24.3 Å². The summed E-state index contributed by atoms with van der Waals surface area (Å²) in [6.45, 7) is 14.2. The van der Waals surface area contributed by atoms with E-state index in [0.29, 0.717) is 23.3 Å². The third kappa shape index (κ3) is 5.45. The van der Waals surface area contributed by atoms with Gasteiger partial charge in [-0.05, 0) is 85.3 Å². The Morgan fingerprint density at radius 1 is 1.05 bits per heavy atom. The van der Waals surface area contributed by atoms with Gasteiger partial charge in [-0.25, -0.2) is 4.98 Å². The molecule has 4 aromatic rings. The molecule has 0 bridgehead atoms. The molecule has 2 heterocycles. The van der Waals surface area contributed by atoms with E-state index in [1.54, 1.807) is 12.3 Å². The summed E-state index contributed by atoms with van der Waals surface area (Å²) in [6.07, 6.45) is 1.76. The molecule has 0 N–H and O–H groups in total. The fourth-order valence-electron chi connectivity index (χ4n) is 5.02. The van der Waals surface area contributed by atoms with Crippen molar-refractivity contribution < 1.29 is 9.47 Å². The SMILES string of the molecule is CCOc1cc(C)c(-c2nc3ccccc3c(=O)n2N=Cc2ccc(N3CCOCC3)cc2C)cc1C(C)C. The molecule has 1 aromatic heterocycles. The molecule has 1 aliphatic heterocycles. The van der Waals surface area contributed by atoms with Gasteiger partial charge in [0.15, 0.2) is 5.82 Å². The maximum atomic E-state index is 13.8. The first kappa shape index (κ1) is 26.6. The minimum Gasteiger partial charge on any atom is -0.494 e. The zero-order chi connectivity index (χ0) is 27.5. The summed E-state index contributed by atoms with van der Waals surface area (Å²) in [5.74, 6) is 1.62. The van der Waals surface area contributed by atoms with Gasteiger partial charge in [-0.3, -0.25) is 4.79 Å². The molecule has 7 nitrogen and oxygen atoms in total. The fourth-order valence-corrected chi connectivity index (χ4v) is 5.02. The summed E-state index contributed by atoms with van der Waals surface area (Å²) in [4.78, 5) is 21.0. The van der Waals surface area contributed by atoms with Crippen LogP contribution in [0.15, 0.2) is 64.5 Å². The zero-order valence-corrected chi connectivity index (χ0v) is 23.4. The Morgan fingerprint density at radius 2 is 1.82 bits per heavy atom. The third-order valence-electron chi connectivity index (χ3n) is 7.22. The maximum absolute atomic E-state index is 13.8. The van der Waals surface area contributed by atoms with Gasteiger partial charge in [-0.1, -0.05) is 32.0 Å². The second-order valence-corrected chi connectivity index (χ2v) is 10.2. The zero-order valence-electron chi connectivity index (χ0n) is 23.4. The van der Waals surface area contributed by atoms with Crippen molar-refractivity contribution >= 4 is 22.8 Å². The Kier molecular flexibility index (Phi) is 7.79. The van der Waals surface area contributed by atoms with Crippen molar-refractivity contribution in [3.05, 3.63) is 87.2 Å². The lowest BCUT2D eigenvalue weighted by Crippen LogP contribution is -2.36. The highest BCUT2D eigenvalue weighted by molar-refractivity contribution is 5.84. The normalized spacial score (nSPS) is 14.1. The molecule has 0 unspecified atom stereocenters. The van der Waals surface area contributed by atoms with Crippen LogP contribution in [0, 0.1) is 13.8 Å². The largest absolute Gasteiger partial charge is 0.494 e. The Bertz CT molecular complexity index is 1580. The van der Waals surface area contributed by atoms with Crippen molar-refractivity contribution in [2.24, 2.45) is 5.10 Å². The van der Waals surface area contributed by atoms with Gasteiger partial charge in [0.2, 0.25) is 0 Å². The number of anilines is 1. The average Bonchev–Trinajstić information content (AvgIpc) is 2.94. The summed E-state index contributed by atoms with van der Waals surface area (Å²) in [5, 5.41) is 5.26. The van der Waals surface area contributed by atoms with Crippen LogP contribution < -0.4 is 15.2 Å². The van der Waals surface area contributed by atoms with E-state index in [1.165, 1.54) is 10.4 Å². The number of morpholine rings is 1. The monoisotopic (exact) mass is 524 g/mol. The number of rotatable bonds is 7. The number of aryl methyl sites for hydroxylation is 2. The first-order valence-corrected chi connectivity index (χ1v) is 13.6. The minimum atomic E-state index is -0.200. The van der Waals surface area contributed by atoms with E-state index in [1.807, 2.05) is 38.1 Å². The second-order valence-electron chi connectivity index (χ2n) is 10.2. The molecule has 0 spiro atoms. The number of ether oxygens (including phenoxy) is 2. The standard InChI is InChI=1S/C32H36N4O3/c1-6-39-30-18-23(5)28(19-27(30)21(2)3)31-34-29-10-8-7-9-26(29)32(37)36(31)33-20-24-11-12-25(17-22(24)4)35-13-15-38-16-14-35/h7-12,17-21H,6,13-16H2,1-5H3. The number of fused-ring (bicyclic) bond motifs is 1. The lowest BCUT2D eigenvalue weighted by molar-refractivity contribution is 0.122. The summed E-state index contributed by atoms with van der Waals surface area (Å²) in [6, 6.07) is 17.9. The Hall–Kier alpha value is -3.97. The van der Waals surface area contributed by atoms with Crippen LogP contribution in [0.5, 0.6) is 5.75 Å². The minimum absolute atomic E-state index is 0.200. The molecule has 1 fully saturated rings. The maximum Gasteiger partial charge on any atom is 0.282 e. The molecule has 1 saturated heterocycles. The van der Waals surface area contributed by atoms with Crippen molar-refractivity contribution in [3.63, 3.8) is 0 Å². The van der Waals surface area contributed by atoms with Gasteiger partial charge in [-0.15, -0.1) is 0 Å². The molecular weight excluding hydrogens is 488 g/mol. The van der Waals surface area contributed by atoms with Gasteiger partial charge < -0.3 is 14.4 Å². The smallest absolute Gasteiger partial charge is 0.282 e. The number of aromatic nitrogens is 2. The van der Waals surface area contributed by atoms with Gasteiger partial charge >= 0.3 is 0 Å². The van der Waals surface area contributed by atoms with Crippen molar-refractivity contribution in [1.82, 2.24) is 9.66 Å². The summed E-state index contributed by atoms with van der Waals surface area (Å²) < 4.78 is 12.9. The Morgan fingerprint density at radius 3 is 2.54 bits per heavy atom. The molecule has 5 rings (SSSR count). The van der Waals surface area contributed by atoms with Crippen molar-refractivity contribution in [2.75, 3.05) is 37.8 Å². The number of para-hydroxylation sites is 1. The van der Waals surface area contributed by atoms with Crippen molar-refractivity contribution in [3.8, 4) is 17.1 Å². The van der Waals surface area contributed by atoms with Crippen molar-refractivity contribution in [2.45, 2.75) is 40.5 Å². The molecule has 3 aromatic carbocycles. The van der Waals surface area contributed by atoms with E-state index in [4.69, 9.17) is 19.6 Å². The van der Waals surface area contributed by atoms with E-state index in [2.05, 4.69) is 49.9 Å². The lowest BCUT2D eigenvalue weighted by atomic mass is 9.96. The van der Waals surface area contributed by atoms with Crippen LogP contribution in [-0.4, -0.2) is 48.8 Å². The van der Waals surface area contributed by atoms with Crippen LogP contribution in [0.3, 0.4) is 0 Å². The van der Waals surface area contributed by atoms with E-state index >= 15 is 0 Å². The molecule has 202 valence electrons. The highest BCUT2D eigenvalue weighted by Gasteiger charge is 2.19. The summed E-state index contributed by atoms with van der Waals surface area (Å²) in [7, 11) is 0. The van der Waals surface area contributed by atoms with E-state index in [9.17, 15) is 4.79 Å². The molecule has 0 amide bonds. The second kappa shape index (κ2) is 11.4. The highest BCUT2D eigenvalue weighted by Crippen LogP contribution is 2.34. The van der Waals surface area contributed by atoms with Crippen LogP contribution >= 0.6 is 0 Å². The first-order valence-electron chi connectivity index (χ1n) is 13.6. The van der Waals surface area contributed by atoms with Gasteiger partial charge in [0.1, 0.15) is 5.75 Å². The highest BCUT2D eigenvalue weighted by atomic mass is 16.5. The van der Waals surface area contributed by atoms with Gasteiger partial charge in [0.25, 0.3) is 5.56 Å². The van der Waals surface area contributed by atoms with Gasteiger partial charge in [-0.2, -0.15) is 9.78 Å². The molecular formula is C32H36N4O3. The number of hydrogen-bond acceptors (Lipinski definition) is 6. The number of hydrogen-bond donors (Lipinski definition) is 0. The first-order chi connectivity index (χ1) is 18.9. The number of benzene rings is 3. The van der Waals surface area contributed by atoms with E-state index in [-0.39, 0.29) is 11.5 Å². The van der Waals surface area contributed by atoms with Crippen LogP contribution in [0.25, 0.3) is 22.3 Å². The summed E-state index contributed by atoms with van der Waals surface area (Å²) >= 11 is 0. The van der Waals surface area contributed by atoms with Crippen LogP contribution in [0.4, 0.5) is 5.69 Å². The third-order valence-corrected chi connectivity index (χ3v) is 7.22. The van der Waals surface area contributed by atoms with Crippen LogP contribution in [0.2, 0.25) is 0 Å². The van der Waals surface area contributed by atoms with Crippen LogP contribution in [0.1, 0.15) is 48.9 Å². The molecule has 0 aliphatic carbocycles. The lowest BCUT2D eigenvalue weighted by Gasteiger charge is -2.29. The predicted molar refractivity (Wildman–Crippen MR) is 159 cm³/mol. The molecule has 0 radical (unpaired) electrons. The molecule has 0 atom stereocenters. The van der Waals surface area contributed by atoms with Crippen molar-refractivity contribution in [1.29, 1.82) is 0 Å². The average molecular weight is 525 g/mol. The van der Waals surface area contributed by atoms with Gasteiger partial charge in [0.05, 0.1) is 36.9 Å². The van der Waals surface area contributed by atoms with Crippen LogP contribution in [-0.2, 0) is 4.74 Å². The topological polar surface area (TPSA) is 69.0 Å². The number of nitrogens with zero attached hydrogens (tertiary/aromatic N) is 4. The Balaban J connectivity index is 1.63. The van der Waals surface area contributed by atoms with E-state index in [0.717, 1.165) is 59.9 Å². The Labute approximate surface area is 229 Å². The fraction of sp³-hybridized carbons (Fsp3) is 0.344. The molecule has 0 saturated carbocycles. The van der Waals surface area contributed by atoms with E-state index < -0.39 is 0 Å². The molecule has 1 aliphatic rings. The molecule has 39 heavy (non-hydrogen) atoms. The quantitative estimate of drug-likeness (QED) is 0.281. The molecule has 7 heteroatoms. The summed E-state index contributed by atoms with van der Waals surface area (Å²) in [5.41, 5.74) is 6.56.